The van der Waals surface area contributed by atoms with Gasteiger partial charge in [-0.25, -0.2) is 13.2 Å². The molecule has 1 aromatic heterocycles. The van der Waals surface area contributed by atoms with Crippen LogP contribution in [-0.4, -0.2) is 22.6 Å². The van der Waals surface area contributed by atoms with Crippen LogP contribution in [0.3, 0.4) is 0 Å². The van der Waals surface area contributed by atoms with Crippen LogP contribution >= 0.6 is 11.6 Å². The fraction of sp³-hybridized carbons (Fsp3) is 0.200. The summed E-state index contributed by atoms with van der Waals surface area (Å²) < 4.78 is 41.4. The highest BCUT2D eigenvalue weighted by molar-refractivity contribution is 6.31. The maximum absolute atomic E-state index is 14.1. The Bertz CT molecular complexity index is 1010. The van der Waals surface area contributed by atoms with E-state index >= 15 is 0 Å². The Labute approximate surface area is 164 Å². The van der Waals surface area contributed by atoms with Gasteiger partial charge in [-0.3, -0.25) is 9.89 Å². The van der Waals surface area contributed by atoms with Gasteiger partial charge < -0.3 is 5.32 Å². The molecule has 0 saturated heterocycles. The van der Waals surface area contributed by atoms with E-state index in [-0.39, 0.29) is 28.4 Å². The lowest BCUT2D eigenvalue weighted by molar-refractivity contribution is 0.0946. The summed E-state index contributed by atoms with van der Waals surface area (Å²) in [5, 5.41) is 9.19. The first-order valence-electron chi connectivity index (χ1n) is 8.42. The number of carbonyl (C=O) groups excluding carboxylic acids is 1. The van der Waals surface area contributed by atoms with Gasteiger partial charge in [0.2, 0.25) is 0 Å². The second kappa shape index (κ2) is 7.67. The van der Waals surface area contributed by atoms with Gasteiger partial charge in [0.1, 0.15) is 17.5 Å². The van der Waals surface area contributed by atoms with Crippen LogP contribution in [0.5, 0.6) is 0 Å². The summed E-state index contributed by atoms with van der Waals surface area (Å²) in [6.45, 7) is 3.82. The third kappa shape index (κ3) is 3.89. The number of nitrogens with zero attached hydrogens (tertiary/aromatic N) is 1. The maximum atomic E-state index is 14.1. The van der Waals surface area contributed by atoms with Crippen molar-refractivity contribution in [3.63, 3.8) is 0 Å². The SMILES string of the molecule is CC(C)(CNC(=O)c1cn[nH]c1-c1c(F)cccc1F)c1ccc(F)cc1Cl. The highest BCUT2D eigenvalue weighted by Crippen LogP contribution is 2.31. The Kier molecular flexibility index (Phi) is 5.47. The molecule has 8 heteroatoms. The smallest absolute Gasteiger partial charge is 0.255 e. The number of benzene rings is 2. The number of rotatable bonds is 5. The Morgan fingerprint density at radius 3 is 2.50 bits per heavy atom. The van der Waals surface area contributed by atoms with Crippen LogP contribution in [0.2, 0.25) is 5.02 Å². The number of carbonyl (C=O) groups is 1. The van der Waals surface area contributed by atoms with Crippen molar-refractivity contribution in [2.45, 2.75) is 19.3 Å². The molecule has 0 atom stereocenters. The predicted octanol–water partition coefficient (Wildman–Crippen LogP) is 4.86. The van der Waals surface area contributed by atoms with E-state index in [0.717, 1.165) is 12.1 Å². The maximum Gasteiger partial charge on any atom is 0.255 e. The van der Waals surface area contributed by atoms with Gasteiger partial charge in [-0.15, -0.1) is 0 Å². The molecule has 0 saturated carbocycles. The number of hydrogen-bond acceptors (Lipinski definition) is 2. The van der Waals surface area contributed by atoms with E-state index < -0.39 is 28.8 Å². The van der Waals surface area contributed by atoms with Crippen molar-refractivity contribution < 1.29 is 18.0 Å². The zero-order chi connectivity index (χ0) is 20.5. The predicted molar refractivity (Wildman–Crippen MR) is 101 cm³/mol. The van der Waals surface area contributed by atoms with Crippen molar-refractivity contribution in [1.82, 2.24) is 15.5 Å². The number of hydrogen-bond donors (Lipinski definition) is 2. The van der Waals surface area contributed by atoms with Crippen LogP contribution in [0.4, 0.5) is 13.2 Å². The first-order chi connectivity index (χ1) is 13.2. The average molecular weight is 408 g/mol. The highest BCUT2D eigenvalue weighted by atomic mass is 35.5. The zero-order valence-electron chi connectivity index (χ0n) is 15.1. The molecule has 0 bridgehead atoms. The second-order valence-electron chi connectivity index (χ2n) is 6.95. The molecule has 0 unspecified atom stereocenters. The standard InChI is InChI=1S/C20H17ClF3N3O/c1-20(2,13-7-6-11(22)8-14(13)21)10-25-19(28)12-9-26-27-18(12)17-15(23)4-3-5-16(17)24/h3-9H,10H2,1-2H3,(H,25,28)(H,26,27). The van der Waals surface area contributed by atoms with E-state index in [0.29, 0.717) is 5.56 Å². The molecule has 0 radical (unpaired) electrons. The summed E-state index contributed by atoms with van der Waals surface area (Å²) in [5.41, 5.74) is -0.363. The molecule has 1 heterocycles. The van der Waals surface area contributed by atoms with Gasteiger partial charge in [-0.05, 0) is 29.8 Å². The van der Waals surface area contributed by atoms with Crippen LogP contribution in [0.15, 0.2) is 42.6 Å². The van der Waals surface area contributed by atoms with Gasteiger partial charge in [0.05, 0.1) is 23.0 Å². The summed E-state index contributed by atoms with van der Waals surface area (Å²) in [6, 6.07) is 7.48. The molecule has 3 rings (SSSR count). The minimum absolute atomic E-state index is 0.00463. The van der Waals surface area contributed by atoms with Crippen LogP contribution in [0, 0.1) is 17.5 Å². The Balaban J connectivity index is 1.82. The Morgan fingerprint density at radius 1 is 1.18 bits per heavy atom. The number of H-pyrrole nitrogens is 1. The molecular formula is C20H17ClF3N3O. The number of nitrogens with one attached hydrogen (secondary N) is 2. The minimum Gasteiger partial charge on any atom is -0.351 e. The Hall–Kier alpha value is -2.80. The number of halogens is 4. The largest absolute Gasteiger partial charge is 0.351 e. The van der Waals surface area contributed by atoms with Crippen molar-refractivity contribution >= 4 is 17.5 Å². The Morgan fingerprint density at radius 2 is 1.86 bits per heavy atom. The molecule has 0 spiro atoms. The molecular weight excluding hydrogens is 391 g/mol. The van der Waals surface area contributed by atoms with E-state index in [1.54, 1.807) is 6.07 Å². The number of aromatic nitrogens is 2. The summed E-state index contributed by atoms with van der Waals surface area (Å²) in [5.74, 6) is -2.63. The van der Waals surface area contributed by atoms with Gasteiger partial charge >= 0.3 is 0 Å². The lowest BCUT2D eigenvalue weighted by Gasteiger charge is -2.26. The molecule has 3 aromatic rings. The summed E-state index contributed by atoms with van der Waals surface area (Å²) in [7, 11) is 0. The van der Waals surface area contributed by atoms with E-state index in [9.17, 15) is 18.0 Å². The van der Waals surface area contributed by atoms with Crippen molar-refractivity contribution in [3.8, 4) is 11.3 Å². The zero-order valence-corrected chi connectivity index (χ0v) is 15.9. The average Bonchev–Trinajstić information content (AvgIpc) is 3.08. The third-order valence-electron chi connectivity index (χ3n) is 4.45. The van der Waals surface area contributed by atoms with Crippen molar-refractivity contribution in [2.75, 3.05) is 6.54 Å². The van der Waals surface area contributed by atoms with Gasteiger partial charge in [0.15, 0.2) is 0 Å². The number of amides is 1. The summed E-state index contributed by atoms with van der Waals surface area (Å²) in [4.78, 5) is 12.6. The molecule has 2 aromatic carbocycles. The first-order valence-corrected chi connectivity index (χ1v) is 8.80. The molecule has 0 aliphatic carbocycles. The first kappa shape index (κ1) is 19.9. The van der Waals surface area contributed by atoms with Gasteiger partial charge in [0, 0.05) is 17.0 Å². The molecule has 4 nitrogen and oxygen atoms in total. The third-order valence-corrected chi connectivity index (χ3v) is 4.76. The molecule has 28 heavy (non-hydrogen) atoms. The highest BCUT2D eigenvalue weighted by Gasteiger charge is 2.26. The van der Waals surface area contributed by atoms with E-state index in [4.69, 9.17) is 11.6 Å². The lowest BCUT2D eigenvalue weighted by Crippen LogP contribution is -2.37. The van der Waals surface area contributed by atoms with Crippen LogP contribution < -0.4 is 5.32 Å². The van der Waals surface area contributed by atoms with Gasteiger partial charge in [-0.2, -0.15) is 5.10 Å². The fourth-order valence-electron chi connectivity index (χ4n) is 2.92. The summed E-state index contributed by atoms with van der Waals surface area (Å²) >= 11 is 6.12. The molecule has 1 amide bonds. The van der Waals surface area contributed by atoms with Crippen molar-refractivity contribution in [1.29, 1.82) is 0 Å². The summed E-state index contributed by atoms with van der Waals surface area (Å²) in [6.07, 6.45) is 1.20. The molecule has 0 aliphatic rings. The normalized spacial score (nSPS) is 11.5. The quantitative estimate of drug-likeness (QED) is 0.635. The topological polar surface area (TPSA) is 57.8 Å². The second-order valence-corrected chi connectivity index (χ2v) is 7.35. The molecule has 146 valence electrons. The van der Waals surface area contributed by atoms with Gasteiger partial charge in [-0.1, -0.05) is 37.6 Å². The van der Waals surface area contributed by atoms with E-state index in [2.05, 4.69) is 15.5 Å². The fourth-order valence-corrected chi connectivity index (χ4v) is 3.34. The number of aromatic amines is 1. The van der Waals surface area contributed by atoms with Gasteiger partial charge in [0.25, 0.3) is 5.91 Å². The van der Waals surface area contributed by atoms with E-state index in [1.165, 1.54) is 24.4 Å². The van der Waals surface area contributed by atoms with E-state index in [1.807, 2.05) is 13.8 Å². The molecule has 0 fully saturated rings. The molecule has 2 N–H and O–H groups in total. The lowest BCUT2D eigenvalue weighted by atomic mass is 9.84. The van der Waals surface area contributed by atoms with Crippen LogP contribution in [-0.2, 0) is 5.41 Å². The van der Waals surface area contributed by atoms with Crippen molar-refractivity contribution in [2.24, 2.45) is 0 Å². The van der Waals surface area contributed by atoms with Crippen LogP contribution in [0.1, 0.15) is 29.8 Å². The van der Waals surface area contributed by atoms with Crippen molar-refractivity contribution in [3.05, 3.63) is 76.2 Å². The molecule has 0 aliphatic heterocycles. The monoisotopic (exact) mass is 407 g/mol. The van der Waals surface area contributed by atoms with Crippen LogP contribution in [0.25, 0.3) is 11.3 Å². The minimum atomic E-state index is -0.809.